The number of rotatable bonds is 8. The molecule has 3 rings (SSSR count). The van der Waals surface area contributed by atoms with E-state index in [0.717, 1.165) is 19.3 Å². The Morgan fingerprint density at radius 1 is 0.964 bits per heavy atom. The van der Waals surface area contributed by atoms with Gasteiger partial charge in [-0.25, -0.2) is 0 Å². The van der Waals surface area contributed by atoms with Gasteiger partial charge in [0.1, 0.15) is 0 Å². The molecule has 3 amide bonds. The summed E-state index contributed by atoms with van der Waals surface area (Å²) >= 11 is 0. The highest BCUT2D eigenvalue weighted by Gasteiger charge is 2.36. The van der Waals surface area contributed by atoms with Crippen LogP contribution < -0.4 is 5.32 Å². The minimum Gasteiger partial charge on any atom is -0.352 e. The lowest BCUT2D eigenvalue weighted by Crippen LogP contribution is -2.33. The van der Waals surface area contributed by atoms with Gasteiger partial charge in [0.2, 0.25) is 0 Å². The Morgan fingerprint density at radius 2 is 1.68 bits per heavy atom. The number of aryl methyl sites for hydroxylation is 1. The molecule has 0 saturated carbocycles. The monoisotopic (exact) mass is 378 g/mol. The molecule has 0 aromatic heterocycles. The zero-order valence-corrected chi connectivity index (χ0v) is 16.4. The van der Waals surface area contributed by atoms with Crippen molar-refractivity contribution in [2.45, 2.75) is 33.1 Å². The molecule has 28 heavy (non-hydrogen) atoms. The van der Waals surface area contributed by atoms with Crippen LogP contribution in [-0.4, -0.2) is 35.7 Å². The molecular weight excluding hydrogens is 352 g/mol. The maximum absolute atomic E-state index is 12.5. The van der Waals surface area contributed by atoms with Crippen molar-refractivity contribution >= 4 is 17.7 Å². The van der Waals surface area contributed by atoms with Crippen LogP contribution in [0.4, 0.5) is 0 Å². The van der Waals surface area contributed by atoms with E-state index in [1.165, 1.54) is 16.5 Å². The SMILES string of the molecule is CC(C)CN1C(=O)c2ccc(C(=O)NCCCCc3ccccc3)cc2C1=O. The fraction of sp³-hybridized carbons (Fsp3) is 0.348. The zero-order chi connectivity index (χ0) is 20.1. The van der Waals surface area contributed by atoms with E-state index >= 15 is 0 Å². The summed E-state index contributed by atoms with van der Waals surface area (Å²) in [6.07, 6.45) is 2.86. The Bertz CT molecular complexity index is 875. The molecule has 0 radical (unpaired) electrons. The van der Waals surface area contributed by atoms with E-state index in [9.17, 15) is 14.4 Å². The van der Waals surface area contributed by atoms with Crippen LogP contribution in [0.1, 0.15) is 63.3 Å². The Kier molecular flexibility index (Phi) is 6.24. The van der Waals surface area contributed by atoms with Crippen LogP contribution in [0.3, 0.4) is 0 Å². The molecule has 2 aromatic rings. The van der Waals surface area contributed by atoms with Crippen LogP contribution in [0.5, 0.6) is 0 Å². The van der Waals surface area contributed by atoms with Gasteiger partial charge in [-0.15, -0.1) is 0 Å². The van der Waals surface area contributed by atoms with Crippen molar-refractivity contribution in [1.82, 2.24) is 10.2 Å². The smallest absolute Gasteiger partial charge is 0.261 e. The number of nitrogens with zero attached hydrogens (tertiary/aromatic N) is 1. The van der Waals surface area contributed by atoms with Gasteiger partial charge in [0, 0.05) is 18.7 Å². The largest absolute Gasteiger partial charge is 0.352 e. The van der Waals surface area contributed by atoms with Crippen LogP contribution in [-0.2, 0) is 6.42 Å². The first-order chi connectivity index (χ1) is 13.5. The summed E-state index contributed by atoms with van der Waals surface area (Å²) < 4.78 is 0. The van der Waals surface area contributed by atoms with Gasteiger partial charge in [0.05, 0.1) is 11.1 Å². The van der Waals surface area contributed by atoms with Gasteiger partial charge in [-0.3, -0.25) is 19.3 Å². The molecule has 0 saturated heterocycles. The molecule has 1 aliphatic rings. The molecule has 0 unspecified atom stereocenters. The lowest BCUT2D eigenvalue weighted by molar-refractivity contribution is 0.0636. The zero-order valence-electron chi connectivity index (χ0n) is 16.4. The summed E-state index contributed by atoms with van der Waals surface area (Å²) in [5.41, 5.74) is 2.41. The number of fused-ring (bicyclic) bond motifs is 1. The first-order valence-corrected chi connectivity index (χ1v) is 9.79. The standard InChI is InChI=1S/C23H26N2O3/c1-16(2)15-25-22(27)19-12-11-18(14-20(19)23(25)28)21(26)24-13-7-6-10-17-8-4-3-5-9-17/h3-5,8-9,11-12,14,16H,6-7,10,13,15H2,1-2H3,(H,24,26). The summed E-state index contributed by atoms with van der Waals surface area (Å²) in [6, 6.07) is 15.0. The number of carbonyl (C=O) groups excluding carboxylic acids is 3. The van der Waals surface area contributed by atoms with Gasteiger partial charge in [-0.2, -0.15) is 0 Å². The third kappa shape index (κ3) is 4.47. The van der Waals surface area contributed by atoms with E-state index in [4.69, 9.17) is 0 Å². The first kappa shape index (κ1) is 19.8. The van der Waals surface area contributed by atoms with Crippen molar-refractivity contribution in [1.29, 1.82) is 0 Å². The van der Waals surface area contributed by atoms with Crippen LogP contribution in [0.15, 0.2) is 48.5 Å². The summed E-state index contributed by atoms with van der Waals surface area (Å²) in [4.78, 5) is 38.6. The predicted molar refractivity (Wildman–Crippen MR) is 108 cm³/mol. The van der Waals surface area contributed by atoms with Crippen molar-refractivity contribution in [3.8, 4) is 0 Å². The van der Waals surface area contributed by atoms with E-state index in [1.54, 1.807) is 12.1 Å². The highest BCUT2D eigenvalue weighted by Crippen LogP contribution is 2.24. The molecule has 1 aliphatic heterocycles. The number of imide groups is 1. The number of hydrogen-bond donors (Lipinski definition) is 1. The third-order valence-electron chi connectivity index (χ3n) is 4.80. The van der Waals surface area contributed by atoms with E-state index < -0.39 is 0 Å². The topological polar surface area (TPSA) is 66.5 Å². The van der Waals surface area contributed by atoms with Gasteiger partial charge >= 0.3 is 0 Å². The van der Waals surface area contributed by atoms with Gasteiger partial charge in [-0.1, -0.05) is 44.2 Å². The Hall–Kier alpha value is -2.95. The second-order valence-corrected chi connectivity index (χ2v) is 7.57. The average Bonchev–Trinajstić information content (AvgIpc) is 2.92. The van der Waals surface area contributed by atoms with Crippen molar-refractivity contribution in [2.75, 3.05) is 13.1 Å². The predicted octanol–water partition coefficient (Wildman–Crippen LogP) is 3.69. The van der Waals surface area contributed by atoms with Crippen molar-refractivity contribution in [2.24, 2.45) is 5.92 Å². The summed E-state index contributed by atoms with van der Waals surface area (Å²) in [5, 5.41) is 2.90. The van der Waals surface area contributed by atoms with Crippen molar-refractivity contribution in [3.63, 3.8) is 0 Å². The first-order valence-electron chi connectivity index (χ1n) is 9.79. The number of amides is 3. The van der Waals surface area contributed by atoms with E-state index in [-0.39, 0.29) is 23.6 Å². The molecule has 1 heterocycles. The van der Waals surface area contributed by atoms with Crippen LogP contribution in [0, 0.1) is 5.92 Å². The van der Waals surface area contributed by atoms with Gasteiger partial charge in [0.15, 0.2) is 0 Å². The normalized spacial score (nSPS) is 13.2. The quantitative estimate of drug-likeness (QED) is 0.563. The number of nitrogens with one attached hydrogen (secondary N) is 1. The van der Waals surface area contributed by atoms with Gasteiger partial charge < -0.3 is 5.32 Å². The van der Waals surface area contributed by atoms with E-state index in [1.807, 2.05) is 32.0 Å². The van der Waals surface area contributed by atoms with E-state index in [2.05, 4.69) is 17.4 Å². The minimum atomic E-state index is -0.314. The molecule has 0 bridgehead atoms. The highest BCUT2D eigenvalue weighted by atomic mass is 16.2. The van der Waals surface area contributed by atoms with Crippen LogP contribution in [0.25, 0.3) is 0 Å². The Labute approximate surface area is 165 Å². The lowest BCUT2D eigenvalue weighted by atomic mass is 10.1. The second kappa shape index (κ2) is 8.83. The third-order valence-corrected chi connectivity index (χ3v) is 4.80. The van der Waals surface area contributed by atoms with Crippen LogP contribution in [0.2, 0.25) is 0 Å². The van der Waals surface area contributed by atoms with Gasteiger partial charge in [0.25, 0.3) is 17.7 Å². The minimum absolute atomic E-state index is 0.195. The number of benzene rings is 2. The van der Waals surface area contributed by atoms with Crippen LogP contribution >= 0.6 is 0 Å². The fourth-order valence-electron chi connectivity index (χ4n) is 3.37. The summed E-state index contributed by atoms with van der Waals surface area (Å²) in [5.74, 6) is -0.612. The molecule has 0 aliphatic carbocycles. The Balaban J connectivity index is 1.54. The van der Waals surface area contributed by atoms with Gasteiger partial charge in [-0.05, 0) is 48.9 Å². The molecule has 5 heteroatoms. The molecule has 0 fully saturated rings. The Morgan fingerprint density at radius 3 is 2.39 bits per heavy atom. The van der Waals surface area contributed by atoms with Crippen molar-refractivity contribution < 1.29 is 14.4 Å². The lowest BCUT2D eigenvalue weighted by Gasteiger charge is -2.15. The average molecular weight is 378 g/mol. The molecular formula is C23H26N2O3. The van der Waals surface area contributed by atoms with E-state index in [0.29, 0.717) is 29.8 Å². The highest BCUT2D eigenvalue weighted by molar-refractivity contribution is 6.22. The second-order valence-electron chi connectivity index (χ2n) is 7.57. The maximum Gasteiger partial charge on any atom is 0.261 e. The molecule has 0 atom stereocenters. The molecule has 146 valence electrons. The molecule has 2 aromatic carbocycles. The summed E-state index contributed by atoms with van der Waals surface area (Å²) in [7, 11) is 0. The fourth-order valence-corrected chi connectivity index (χ4v) is 3.37. The molecule has 0 spiro atoms. The maximum atomic E-state index is 12.5. The number of hydrogen-bond acceptors (Lipinski definition) is 3. The number of unbranched alkanes of at least 4 members (excludes halogenated alkanes) is 1. The summed E-state index contributed by atoms with van der Waals surface area (Å²) in [6.45, 7) is 4.88. The number of carbonyl (C=O) groups is 3. The molecule has 1 N–H and O–H groups in total. The molecule has 5 nitrogen and oxygen atoms in total. The van der Waals surface area contributed by atoms with Crippen molar-refractivity contribution in [3.05, 3.63) is 70.8 Å².